The molecule has 0 spiro atoms. The number of piperidine rings is 1. The van der Waals surface area contributed by atoms with Crippen LogP contribution in [0.1, 0.15) is 35.2 Å². The molecule has 3 heterocycles. The van der Waals surface area contributed by atoms with E-state index >= 15 is 0 Å². The Balaban J connectivity index is 1.33. The van der Waals surface area contributed by atoms with Gasteiger partial charge in [-0.3, -0.25) is 9.48 Å². The lowest BCUT2D eigenvalue weighted by molar-refractivity contribution is 0.0633. The van der Waals surface area contributed by atoms with E-state index in [0.29, 0.717) is 49.0 Å². The number of benzene rings is 2. The summed E-state index contributed by atoms with van der Waals surface area (Å²) in [6, 6.07) is 17.6. The van der Waals surface area contributed by atoms with Crippen LogP contribution < -0.4 is 0 Å². The highest BCUT2D eigenvalue weighted by Crippen LogP contribution is 2.26. The molecule has 2 aliphatic heterocycles. The van der Waals surface area contributed by atoms with Crippen molar-refractivity contribution < 1.29 is 9.59 Å². The molecule has 2 aromatic carbocycles. The number of likely N-dealkylation sites (tertiary alicyclic amines) is 1. The Bertz CT molecular complexity index is 1160. The van der Waals surface area contributed by atoms with Crippen LogP contribution in [0.2, 0.25) is 5.02 Å². The fourth-order valence-electron chi connectivity index (χ4n) is 4.81. The van der Waals surface area contributed by atoms with Gasteiger partial charge in [-0.25, -0.2) is 4.79 Å². The van der Waals surface area contributed by atoms with Gasteiger partial charge in [0.2, 0.25) is 0 Å². The standard InChI is InChI=1S/C27H30ClN5O2/c28-23-11-9-22(10-12-23)25-24(20-33(29-25)19-21-7-3-1-4-8-21)26(34)30-15-17-32(18-16-30)27(35)31-13-5-2-6-14-31/h1,3-4,7-12,20H,2,5-6,13-19H2. The third-order valence-corrected chi connectivity index (χ3v) is 7.01. The normalized spacial score (nSPS) is 16.4. The van der Waals surface area contributed by atoms with Gasteiger partial charge in [-0.15, -0.1) is 0 Å². The SMILES string of the molecule is O=C(c1cn(Cc2ccccc2)nc1-c1ccc(Cl)cc1)N1CCN(C(=O)N2CCCCC2)CC1. The molecule has 7 nitrogen and oxygen atoms in total. The average Bonchev–Trinajstić information content (AvgIpc) is 3.33. The highest BCUT2D eigenvalue weighted by Gasteiger charge is 2.30. The number of hydrogen-bond donors (Lipinski definition) is 0. The monoisotopic (exact) mass is 491 g/mol. The van der Waals surface area contributed by atoms with Crippen molar-refractivity contribution in [1.82, 2.24) is 24.5 Å². The number of carbonyl (C=O) groups is 2. The summed E-state index contributed by atoms with van der Waals surface area (Å²) in [5, 5.41) is 5.42. The highest BCUT2D eigenvalue weighted by molar-refractivity contribution is 6.30. The molecule has 2 aliphatic rings. The zero-order valence-corrected chi connectivity index (χ0v) is 20.5. The first-order valence-electron chi connectivity index (χ1n) is 12.3. The molecule has 2 fully saturated rings. The van der Waals surface area contributed by atoms with Crippen LogP contribution in [0.3, 0.4) is 0 Å². The van der Waals surface area contributed by atoms with Gasteiger partial charge < -0.3 is 14.7 Å². The van der Waals surface area contributed by atoms with Crippen molar-refractivity contribution in [3.8, 4) is 11.3 Å². The third-order valence-electron chi connectivity index (χ3n) is 6.76. The number of urea groups is 1. The maximum absolute atomic E-state index is 13.6. The van der Waals surface area contributed by atoms with E-state index in [1.807, 2.05) is 80.2 Å². The Labute approximate surface area is 210 Å². The summed E-state index contributed by atoms with van der Waals surface area (Å²) in [5.41, 5.74) is 3.18. The Morgan fingerprint density at radius 2 is 1.40 bits per heavy atom. The number of carbonyl (C=O) groups excluding carboxylic acids is 2. The fraction of sp³-hybridized carbons (Fsp3) is 0.370. The lowest BCUT2D eigenvalue weighted by Crippen LogP contribution is -2.54. The smallest absolute Gasteiger partial charge is 0.320 e. The molecule has 0 saturated carbocycles. The average molecular weight is 492 g/mol. The van der Waals surface area contributed by atoms with E-state index in [2.05, 4.69) is 0 Å². The molecule has 3 amide bonds. The lowest BCUT2D eigenvalue weighted by Gasteiger charge is -2.38. The van der Waals surface area contributed by atoms with E-state index in [0.717, 1.165) is 37.1 Å². The van der Waals surface area contributed by atoms with Crippen molar-refractivity contribution >= 4 is 23.5 Å². The molecule has 0 radical (unpaired) electrons. The molecule has 0 unspecified atom stereocenters. The van der Waals surface area contributed by atoms with Crippen LogP contribution in [-0.4, -0.2) is 75.7 Å². The fourth-order valence-corrected chi connectivity index (χ4v) is 4.93. The summed E-state index contributed by atoms with van der Waals surface area (Å²) >= 11 is 6.09. The van der Waals surface area contributed by atoms with Gasteiger partial charge in [0.1, 0.15) is 5.69 Å². The van der Waals surface area contributed by atoms with Crippen LogP contribution in [0, 0.1) is 0 Å². The minimum atomic E-state index is -0.0562. The molecule has 3 aromatic rings. The number of nitrogens with zero attached hydrogens (tertiary/aromatic N) is 5. The summed E-state index contributed by atoms with van der Waals surface area (Å²) in [5.74, 6) is -0.0562. The van der Waals surface area contributed by atoms with Crippen LogP contribution in [-0.2, 0) is 6.54 Å². The van der Waals surface area contributed by atoms with Crippen molar-refractivity contribution in [3.05, 3.63) is 76.9 Å². The van der Waals surface area contributed by atoms with Gasteiger partial charge in [-0.1, -0.05) is 54.1 Å². The minimum absolute atomic E-state index is 0.0562. The zero-order valence-electron chi connectivity index (χ0n) is 19.8. The summed E-state index contributed by atoms with van der Waals surface area (Å²) < 4.78 is 1.82. The third kappa shape index (κ3) is 5.35. The van der Waals surface area contributed by atoms with Gasteiger partial charge >= 0.3 is 6.03 Å². The van der Waals surface area contributed by atoms with Crippen molar-refractivity contribution in [2.75, 3.05) is 39.3 Å². The summed E-state index contributed by atoms with van der Waals surface area (Å²) in [4.78, 5) is 32.2. The van der Waals surface area contributed by atoms with Gasteiger partial charge in [0.05, 0.1) is 12.1 Å². The van der Waals surface area contributed by atoms with Gasteiger partial charge in [0, 0.05) is 56.1 Å². The molecule has 2 saturated heterocycles. The van der Waals surface area contributed by atoms with Crippen molar-refractivity contribution in [1.29, 1.82) is 0 Å². The van der Waals surface area contributed by atoms with E-state index in [1.165, 1.54) is 6.42 Å². The topological polar surface area (TPSA) is 61.7 Å². The second-order valence-corrected chi connectivity index (χ2v) is 9.63. The maximum Gasteiger partial charge on any atom is 0.320 e. The van der Waals surface area contributed by atoms with Gasteiger partial charge in [-0.05, 0) is 37.0 Å². The summed E-state index contributed by atoms with van der Waals surface area (Å²) in [6.07, 6.45) is 5.18. The molecule has 8 heteroatoms. The van der Waals surface area contributed by atoms with Gasteiger partial charge in [-0.2, -0.15) is 5.10 Å². The van der Waals surface area contributed by atoms with Crippen LogP contribution in [0.15, 0.2) is 60.8 Å². The Morgan fingerprint density at radius 1 is 0.771 bits per heavy atom. The molecular weight excluding hydrogens is 462 g/mol. The van der Waals surface area contributed by atoms with Crippen LogP contribution >= 0.6 is 11.6 Å². The summed E-state index contributed by atoms with van der Waals surface area (Å²) in [7, 11) is 0. The van der Waals surface area contributed by atoms with Crippen LogP contribution in [0.25, 0.3) is 11.3 Å². The molecule has 0 N–H and O–H groups in total. The van der Waals surface area contributed by atoms with E-state index in [-0.39, 0.29) is 11.9 Å². The number of piperazine rings is 1. The van der Waals surface area contributed by atoms with Gasteiger partial charge in [0.25, 0.3) is 5.91 Å². The van der Waals surface area contributed by atoms with Crippen molar-refractivity contribution in [3.63, 3.8) is 0 Å². The molecule has 5 rings (SSSR count). The quantitative estimate of drug-likeness (QED) is 0.535. The highest BCUT2D eigenvalue weighted by atomic mass is 35.5. The Morgan fingerprint density at radius 3 is 2.09 bits per heavy atom. The zero-order chi connectivity index (χ0) is 24.2. The van der Waals surface area contributed by atoms with E-state index < -0.39 is 0 Å². The molecule has 0 aliphatic carbocycles. The Kier molecular flexibility index (Phi) is 7.04. The number of halogens is 1. The van der Waals surface area contributed by atoms with Gasteiger partial charge in [0.15, 0.2) is 0 Å². The number of hydrogen-bond acceptors (Lipinski definition) is 3. The molecule has 0 bridgehead atoms. The van der Waals surface area contributed by atoms with Crippen molar-refractivity contribution in [2.24, 2.45) is 0 Å². The van der Waals surface area contributed by atoms with E-state index in [4.69, 9.17) is 16.7 Å². The van der Waals surface area contributed by atoms with E-state index in [9.17, 15) is 9.59 Å². The first-order chi connectivity index (χ1) is 17.1. The summed E-state index contributed by atoms with van der Waals surface area (Å²) in [6.45, 7) is 4.38. The van der Waals surface area contributed by atoms with E-state index in [1.54, 1.807) is 0 Å². The predicted molar refractivity (Wildman–Crippen MR) is 137 cm³/mol. The largest absolute Gasteiger partial charge is 0.335 e. The number of aromatic nitrogens is 2. The second-order valence-electron chi connectivity index (χ2n) is 9.19. The first kappa shape index (κ1) is 23.4. The maximum atomic E-state index is 13.6. The molecule has 0 atom stereocenters. The molecule has 1 aromatic heterocycles. The molecular formula is C27H30ClN5O2. The Hall–Kier alpha value is -3.32. The van der Waals surface area contributed by atoms with Crippen LogP contribution in [0.5, 0.6) is 0 Å². The predicted octanol–water partition coefficient (Wildman–Crippen LogP) is 4.62. The number of rotatable bonds is 4. The molecule has 182 valence electrons. The van der Waals surface area contributed by atoms with Crippen molar-refractivity contribution in [2.45, 2.75) is 25.8 Å². The molecule has 35 heavy (non-hydrogen) atoms. The second kappa shape index (κ2) is 10.5. The minimum Gasteiger partial charge on any atom is -0.335 e. The first-order valence-corrected chi connectivity index (χ1v) is 12.7. The van der Waals surface area contributed by atoms with Crippen LogP contribution in [0.4, 0.5) is 4.79 Å². The lowest BCUT2D eigenvalue weighted by atomic mass is 10.1. The number of amides is 3.